The number of nitrogens with zero attached hydrogens (tertiary/aromatic N) is 1. The Hall–Kier alpha value is -3.36. The molecule has 0 saturated carbocycles. The van der Waals surface area contributed by atoms with E-state index in [2.05, 4.69) is 15.6 Å². The zero-order chi connectivity index (χ0) is 18.4. The maximum Gasteiger partial charge on any atom is 0.328 e. The predicted molar refractivity (Wildman–Crippen MR) is 90.9 cm³/mol. The van der Waals surface area contributed by atoms with E-state index >= 15 is 0 Å². The molecule has 0 fully saturated rings. The fourth-order valence-corrected chi connectivity index (χ4v) is 1.96. The highest BCUT2D eigenvalue weighted by Crippen LogP contribution is 2.15. The molecular weight excluding hydrogens is 328 g/mol. The lowest BCUT2D eigenvalue weighted by Gasteiger charge is -2.09. The Balaban J connectivity index is 1.98. The molecule has 0 aliphatic carbocycles. The lowest BCUT2D eigenvalue weighted by atomic mass is 10.2. The molecule has 0 aliphatic heterocycles. The summed E-state index contributed by atoms with van der Waals surface area (Å²) in [5.41, 5.74) is -0.980. The van der Waals surface area contributed by atoms with E-state index in [0.29, 0.717) is 24.6 Å². The van der Waals surface area contributed by atoms with Gasteiger partial charge in [0.05, 0.1) is 6.54 Å². The van der Waals surface area contributed by atoms with E-state index in [1.165, 1.54) is 14.0 Å². The first-order valence-corrected chi connectivity index (χ1v) is 7.46. The standard InChI is InChI=1S/C16H18N4O5/c1-10(21)17-7-8-25-12-5-3-11(4-6-12)19-14(22)13-9-18-16(24)20(2)15(13)23/h3-6,9H,7-8H2,1-2H3,(H,17,21)(H,18,24)(H,19,22). The van der Waals surface area contributed by atoms with E-state index in [0.717, 1.165) is 10.8 Å². The quantitative estimate of drug-likeness (QED) is 0.628. The van der Waals surface area contributed by atoms with Gasteiger partial charge in [0.1, 0.15) is 17.9 Å². The average Bonchev–Trinajstić information content (AvgIpc) is 2.58. The number of ether oxygens (including phenoxy) is 1. The van der Waals surface area contributed by atoms with Gasteiger partial charge in [-0.25, -0.2) is 4.79 Å². The predicted octanol–water partition coefficient (Wildman–Crippen LogP) is -0.159. The normalized spacial score (nSPS) is 10.2. The number of anilines is 1. The number of hydrogen-bond donors (Lipinski definition) is 3. The highest BCUT2D eigenvalue weighted by atomic mass is 16.5. The van der Waals surface area contributed by atoms with Gasteiger partial charge in [-0.2, -0.15) is 0 Å². The Kier molecular flexibility index (Phi) is 5.72. The van der Waals surface area contributed by atoms with Crippen LogP contribution in [0.4, 0.5) is 5.69 Å². The molecule has 9 heteroatoms. The van der Waals surface area contributed by atoms with Crippen LogP contribution in [0.25, 0.3) is 0 Å². The molecule has 0 unspecified atom stereocenters. The Morgan fingerprint density at radius 2 is 1.88 bits per heavy atom. The fraction of sp³-hybridized carbons (Fsp3) is 0.250. The first-order valence-electron chi connectivity index (χ1n) is 7.46. The molecule has 2 rings (SSSR count). The van der Waals surface area contributed by atoms with Crippen LogP contribution >= 0.6 is 0 Å². The number of hydrogen-bond acceptors (Lipinski definition) is 5. The van der Waals surface area contributed by atoms with Gasteiger partial charge in [-0.05, 0) is 24.3 Å². The molecule has 2 amide bonds. The molecule has 132 valence electrons. The summed E-state index contributed by atoms with van der Waals surface area (Å²) in [7, 11) is 1.28. The monoisotopic (exact) mass is 346 g/mol. The number of aromatic nitrogens is 2. The van der Waals surface area contributed by atoms with Crippen molar-refractivity contribution in [1.29, 1.82) is 0 Å². The highest BCUT2D eigenvalue weighted by molar-refractivity contribution is 6.03. The van der Waals surface area contributed by atoms with Gasteiger partial charge in [-0.3, -0.25) is 19.0 Å². The van der Waals surface area contributed by atoms with Crippen LogP contribution in [0.15, 0.2) is 40.1 Å². The minimum Gasteiger partial charge on any atom is -0.492 e. The summed E-state index contributed by atoms with van der Waals surface area (Å²) in [6, 6.07) is 6.52. The van der Waals surface area contributed by atoms with Gasteiger partial charge >= 0.3 is 5.69 Å². The third kappa shape index (κ3) is 4.80. The SMILES string of the molecule is CC(=O)NCCOc1ccc(NC(=O)c2c[nH]c(=O)n(C)c2=O)cc1. The molecule has 0 atom stereocenters. The topological polar surface area (TPSA) is 122 Å². The van der Waals surface area contributed by atoms with Crippen LogP contribution in [0.2, 0.25) is 0 Å². The first-order chi connectivity index (χ1) is 11.9. The van der Waals surface area contributed by atoms with Crippen LogP contribution in [0.5, 0.6) is 5.75 Å². The van der Waals surface area contributed by atoms with E-state index in [1.807, 2.05) is 0 Å². The summed E-state index contributed by atoms with van der Waals surface area (Å²) in [6.07, 6.45) is 1.08. The number of benzene rings is 1. The van der Waals surface area contributed by atoms with Crippen molar-refractivity contribution in [3.63, 3.8) is 0 Å². The zero-order valence-corrected chi connectivity index (χ0v) is 13.8. The zero-order valence-electron chi connectivity index (χ0n) is 13.8. The van der Waals surface area contributed by atoms with Crippen molar-refractivity contribution >= 4 is 17.5 Å². The van der Waals surface area contributed by atoms with Gasteiger partial charge in [-0.1, -0.05) is 0 Å². The molecule has 3 N–H and O–H groups in total. The van der Waals surface area contributed by atoms with Gasteiger partial charge in [0.2, 0.25) is 5.91 Å². The Morgan fingerprint density at radius 1 is 1.20 bits per heavy atom. The third-order valence-corrected chi connectivity index (χ3v) is 3.28. The second-order valence-corrected chi connectivity index (χ2v) is 5.18. The molecule has 2 aromatic rings. The fourth-order valence-electron chi connectivity index (χ4n) is 1.96. The maximum atomic E-state index is 12.1. The first kappa shape index (κ1) is 18.0. The summed E-state index contributed by atoms with van der Waals surface area (Å²) in [5.74, 6) is -0.186. The maximum absolute atomic E-state index is 12.1. The molecule has 0 spiro atoms. The van der Waals surface area contributed by atoms with Gasteiger partial charge in [-0.15, -0.1) is 0 Å². The van der Waals surface area contributed by atoms with Gasteiger partial charge in [0.15, 0.2) is 0 Å². The van der Waals surface area contributed by atoms with E-state index < -0.39 is 17.2 Å². The van der Waals surface area contributed by atoms with Crippen molar-refractivity contribution in [1.82, 2.24) is 14.9 Å². The van der Waals surface area contributed by atoms with E-state index in [4.69, 9.17) is 4.74 Å². The van der Waals surface area contributed by atoms with Crippen molar-refractivity contribution in [2.45, 2.75) is 6.92 Å². The van der Waals surface area contributed by atoms with Gasteiger partial charge < -0.3 is 20.4 Å². The number of amides is 2. The molecule has 9 nitrogen and oxygen atoms in total. The van der Waals surface area contributed by atoms with Crippen LogP contribution in [0, 0.1) is 0 Å². The molecule has 25 heavy (non-hydrogen) atoms. The summed E-state index contributed by atoms with van der Waals surface area (Å²) in [6.45, 7) is 2.13. The highest BCUT2D eigenvalue weighted by Gasteiger charge is 2.13. The Morgan fingerprint density at radius 3 is 2.52 bits per heavy atom. The van der Waals surface area contributed by atoms with Crippen molar-refractivity contribution < 1.29 is 14.3 Å². The summed E-state index contributed by atoms with van der Waals surface area (Å²) >= 11 is 0. The number of carbonyl (C=O) groups excluding carboxylic acids is 2. The number of carbonyl (C=O) groups is 2. The van der Waals surface area contributed by atoms with Crippen LogP contribution in [-0.2, 0) is 11.8 Å². The largest absolute Gasteiger partial charge is 0.492 e. The number of nitrogens with one attached hydrogen (secondary N) is 3. The molecule has 1 aromatic carbocycles. The van der Waals surface area contributed by atoms with Crippen LogP contribution in [0.3, 0.4) is 0 Å². The second-order valence-electron chi connectivity index (χ2n) is 5.18. The van der Waals surface area contributed by atoms with Crippen LogP contribution in [0.1, 0.15) is 17.3 Å². The summed E-state index contributed by atoms with van der Waals surface area (Å²) in [4.78, 5) is 48.4. The van der Waals surface area contributed by atoms with Crippen molar-refractivity contribution in [2.24, 2.45) is 7.05 Å². The van der Waals surface area contributed by atoms with E-state index in [9.17, 15) is 19.2 Å². The second kappa shape index (κ2) is 7.95. The third-order valence-electron chi connectivity index (χ3n) is 3.28. The Bertz CT molecular complexity index is 883. The summed E-state index contributed by atoms with van der Waals surface area (Å²) in [5, 5.41) is 5.18. The molecule has 0 radical (unpaired) electrons. The van der Waals surface area contributed by atoms with Crippen molar-refractivity contribution in [3.8, 4) is 5.75 Å². The minimum atomic E-state index is -0.681. The molecule has 0 saturated heterocycles. The van der Waals surface area contributed by atoms with Gasteiger partial charge in [0.25, 0.3) is 11.5 Å². The van der Waals surface area contributed by atoms with Crippen LogP contribution < -0.4 is 26.6 Å². The van der Waals surface area contributed by atoms with Gasteiger partial charge in [0, 0.05) is 25.9 Å². The molecular formula is C16H18N4O5. The summed E-state index contributed by atoms with van der Waals surface area (Å²) < 4.78 is 6.25. The lowest BCUT2D eigenvalue weighted by Crippen LogP contribution is -2.37. The lowest BCUT2D eigenvalue weighted by molar-refractivity contribution is -0.119. The van der Waals surface area contributed by atoms with E-state index in [-0.39, 0.29) is 11.5 Å². The molecule has 0 bridgehead atoms. The minimum absolute atomic E-state index is 0.130. The molecule has 0 aliphatic rings. The molecule has 1 heterocycles. The smallest absolute Gasteiger partial charge is 0.328 e. The van der Waals surface area contributed by atoms with Crippen molar-refractivity contribution in [3.05, 3.63) is 56.9 Å². The van der Waals surface area contributed by atoms with Crippen molar-refractivity contribution in [2.75, 3.05) is 18.5 Å². The Labute approximate surface area is 142 Å². The number of aromatic amines is 1. The van der Waals surface area contributed by atoms with E-state index in [1.54, 1.807) is 24.3 Å². The molecule has 1 aromatic heterocycles. The van der Waals surface area contributed by atoms with Crippen LogP contribution in [-0.4, -0.2) is 34.5 Å². The number of H-pyrrole nitrogens is 1. The average molecular weight is 346 g/mol. The number of rotatable bonds is 6.